The Morgan fingerprint density at radius 2 is 2.10 bits per heavy atom. The summed E-state index contributed by atoms with van der Waals surface area (Å²) in [5, 5.41) is 5.27. The van der Waals surface area contributed by atoms with Crippen molar-refractivity contribution in [3.8, 4) is 0 Å². The summed E-state index contributed by atoms with van der Waals surface area (Å²) in [6.45, 7) is 0.309. The van der Waals surface area contributed by atoms with Gasteiger partial charge in [0, 0.05) is 19.4 Å². The molecule has 1 aromatic carbocycles. The normalized spacial score (nSPS) is 18.7. The summed E-state index contributed by atoms with van der Waals surface area (Å²) in [6, 6.07) is 8.62. The minimum atomic E-state index is -0.749. The zero-order valence-corrected chi connectivity index (χ0v) is 11.8. The maximum Gasteiger partial charge on any atom is 0.328 e. The van der Waals surface area contributed by atoms with Crippen LogP contribution in [0.3, 0.4) is 0 Å². The molecule has 0 radical (unpaired) electrons. The van der Waals surface area contributed by atoms with Gasteiger partial charge in [-0.15, -0.1) is 0 Å². The second kappa shape index (κ2) is 6.88. The fourth-order valence-corrected chi connectivity index (χ4v) is 2.27. The van der Waals surface area contributed by atoms with E-state index in [1.807, 2.05) is 30.3 Å². The van der Waals surface area contributed by atoms with Crippen LogP contribution in [0.25, 0.3) is 0 Å². The molecule has 6 nitrogen and oxygen atoms in total. The molecule has 2 atom stereocenters. The maximum atomic E-state index is 12.1. The number of carbonyl (C=O) groups is 3. The van der Waals surface area contributed by atoms with Crippen molar-refractivity contribution < 1.29 is 19.1 Å². The summed E-state index contributed by atoms with van der Waals surface area (Å²) in [6.07, 6.45) is 0.512. The average Bonchev–Trinajstić information content (AvgIpc) is 2.93. The molecule has 0 saturated carbocycles. The number of methoxy groups -OCH3 is 1. The van der Waals surface area contributed by atoms with E-state index in [-0.39, 0.29) is 18.2 Å². The summed E-state index contributed by atoms with van der Waals surface area (Å²) in [5.74, 6) is -1.38. The van der Waals surface area contributed by atoms with Crippen LogP contribution in [-0.2, 0) is 25.5 Å². The highest BCUT2D eigenvalue weighted by atomic mass is 16.5. The molecular formula is C15H18N2O4. The van der Waals surface area contributed by atoms with Gasteiger partial charge in [0.05, 0.1) is 13.0 Å². The van der Waals surface area contributed by atoms with Gasteiger partial charge in [-0.25, -0.2) is 4.79 Å². The Kier molecular flexibility index (Phi) is 4.92. The van der Waals surface area contributed by atoms with Crippen molar-refractivity contribution in [2.75, 3.05) is 13.7 Å². The Hall–Kier alpha value is -2.37. The van der Waals surface area contributed by atoms with E-state index in [9.17, 15) is 14.4 Å². The zero-order valence-electron chi connectivity index (χ0n) is 11.8. The van der Waals surface area contributed by atoms with E-state index in [0.29, 0.717) is 13.0 Å². The molecule has 6 heteroatoms. The van der Waals surface area contributed by atoms with Crippen LogP contribution in [0.1, 0.15) is 12.0 Å². The number of hydrogen-bond donors (Lipinski definition) is 2. The Labute approximate surface area is 122 Å². The van der Waals surface area contributed by atoms with Crippen LogP contribution in [-0.4, -0.2) is 37.5 Å². The van der Waals surface area contributed by atoms with Crippen molar-refractivity contribution in [2.45, 2.75) is 18.9 Å². The number of amides is 2. The first-order chi connectivity index (χ1) is 10.1. The largest absolute Gasteiger partial charge is 0.467 e. The van der Waals surface area contributed by atoms with Crippen molar-refractivity contribution in [1.29, 1.82) is 0 Å². The smallest absolute Gasteiger partial charge is 0.328 e. The molecule has 1 saturated heterocycles. The van der Waals surface area contributed by atoms with Gasteiger partial charge in [-0.2, -0.15) is 0 Å². The van der Waals surface area contributed by atoms with Gasteiger partial charge in [0.25, 0.3) is 0 Å². The molecule has 0 aliphatic carbocycles. The maximum absolute atomic E-state index is 12.1. The number of nitrogens with one attached hydrogen (secondary N) is 2. The zero-order chi connectivity index (χ0) is 15.2. The Morgan fingerprint density at radius 1 is 1.38 bits per heavy atom. The standard InChI is InChI=1S/C15H18N2O4/c1-21-15(20)12(7-10-5-3-2-4-6-10)17-14(19)11-8-13(18)16-9-11/h2-6,11-12H,7-9H2,1H3,(H,16,18)(H,17,19). The first-order valence-electron chi connectivity index (χ1n) is 6.79. The summed E-state index contributed by atoms with van der Waals surface area (Å²) in [5.41, 5.74) is 0.925. The molecule has 21 heavy (non-hydrogen) atoms. The SMILES string of the molecule is COC(=O)C(Cc1ccccc1)NC(=O)C1CNC(=O)C1. The molecule has 0 spiro atoms. The Balaban J connectivity index is 2.01. The molecule has 0 aromatic heterocycles. The van der Waals surface area contributed by atoms with Gasteiger partial charge in [0.2, 0.25) is 11.8 Å². The summed E-state index contributed by atoms with van der Waals surface area (Å²) in [7, 11) is 1.28. The fourth-order valence-electron chi connectivity index (χ4n) is 2.27. The topological polar surface area (TPSA) is 84.5 Å². The third-order valence-electron chi connectivity index (χ3n) is 3.43. The molecule has 1 aliphatic heterocycles. The van der Waals surface area contributed by atoms with Crippen LogP contribution in [0, 0.1) is 5.92 Å². The first-order valence-corrected chi connectivity index (χ1v) is 6.79. The molecule has 2 N–H and O–H groups in total. The summed E-state index contributed by atoms with van der Waals surface area (Å²) >= 11 is 0. The van der Waals surface area contributed by atoms with Crippen LogP contribution in [0.15, 0.2) is 30.3 Å². The molecular weight excluding hydrogens is 272 g/mol. The molecule has 112 valence electrons. The Bertz CT molecular complexity index is 530. The molecule has 0 bridgehead atoms. The highest BCUT2D eigenvalue weighted by molar-refractivity contribution is 5.91. The van der Waals surface area contributed by atoms with Crippen molar-refractivity contribution >= 4 is 17.8 Å². The van der Waals surface area contributed by atoms with Gasteiger partial charge >= 0.3 is 5.97 Å². The first kappa shape index (κ1) is 15.0. The number of carbonyl (C=O) groups excluding carboxylic acids is 3. The predicted molar refractivity (Wildman–Crippen MR) is 75.2 cm³/mol. The lowest BCUT2D eigenvalue weighted by Crippen LogP contribution is -2.45. The van der Waals surface area contributed by atoms with Gasteiger partial charge < -0.3 is 15.4 Å². The second-order valence-corrected chi connectivity index (χ2v) is 4.98. The van der Waals surface area contributed by atoms with Gasteiger partial charge in [-0.05, 0) is 5.56 Å². The van der Waals surface area contributed by atoms with Crippen molar-refractivity contribution in [3.63, 3.8) is 0 Å². The molecule has 2 unspecified atom stereocenters. The number of ether oxygens (including phenoxy) is 1. The second-order valence-electron chi connectivity index (χ2n) is 4.98. The number of benzene rings is 1. The van der Waals surface area contributed by atoms with Crippen molar-refractivity contribution in [2.24, 2.45) is 5.92 Å². The quantitative estimate of drug-likeness (QED) is 0.749. The fraction of sp³-hybridized carbons (Fsp3) is 0.400. The minimum Gasteiger partial charge on any atom is -0.467 e. The molecule has 1 fully saturated rings. The van der Waals surface area contributed by atoms with E-state index in [1.165, 1.54) is 7.11 Å². The minimum absolute atomic E-state index is 0.146. The third-order valence-corrected chi connectivity index (χ3v) is 3.43. The lowest BCUT2D eigenvalue weighted by molar-refractivity contribution is -0.145. The van der Waals surface area contributed by atoms with E-state index in [0.717, 1.165) is 5.56 Å². The van der Waals surface area contributed by atoms with E-state index in [1.54, 1.807) is 0 Å². The van der Waals surface area contributed by atoms with E-state index >= 15 is 0 Å². The molecule has 2 rings (SSSR count). The van der Waals surface area contributed by atoms with E-state index in [4.69, 9.17) is 4.74 Å². The summed E-state index contributed by atoms with van der Waals surface area (Å²) in [4.78, 5) is 35.1. The predicted octanol–water partition coefficient (Wildman–Crippen LogP) is 0.0230. The highest BCUT2D eigenvalue weighted by Crippen LogP contribution is 2.11. The lowest BCUT2D eigenvalue weighted by atomic mass is 10.0. The highest BCUT2D eigenvalue weighted by Gasteiger charge is 2.31. The van der Waals surface area contributed by atoms with Crippen LogP contribution in [0.2, 0.25) is 0 Å². The average molecular weight is 290 g/mol. The molecule has 1 aliphatic rings. The van der Waals surface area contributed by atoms with Gasteiger partial charge in [-0.3, -0.25) is 9.59 Å². The van der Waals surface area contributed by atoms with Gasteiger partial charge in [0.1, 0.15) is 6.04 Å². The van der Waals surface area contributed by atoms with Crippen molar-refractivity contribution in [1.82, 2.24) is 10.6 Å². The number of esters is 1. The number of rotatable bonds is 5. The lowest BCUT2D eigenvalue weighted by Gasteiger charge is -2.18. The monoisotopic (exact) mass is 290 g/mol. The van der Waals surface area contributed by atoms with E-state index < -0.39 is 17.9 Å². The van der Waals surface area contributed by atoms with Crippen molar-refractivity contribution in [3.05, 3.63) is 35.9 Å². The van der Waals surface area contributed by atoms with Gasteiger partial charge in [-0.1, -0.05) is 30.3 Å². The molecule has 1 heterocycles. The molecule has 1 aromatic rings. The van der Waals surface area contributed by atoms with Crippen LogP contribution in [0.5, 0.6) is 0 Å². The Morgan fingerprint density at radius 3 is 2.67 bits per heavy atom. The summed E-state index contributed by atoms with van der Waals surface area (Å²) < 4.78 is 4.73. The number of hydrogen-bond acceptors (Lipinski definition) is 4. The van der Waals surface area contributed by atoms with Crippen LogP contribution < -0.4 is 10.6 Å². The van der Waals surface area contributed by atoms with Gasteiger partial charge in [0.15, 0.2) is 0 Å². The third kappa shape index (κ3) is 4.05. The molecule has 2 amide bonds. The van der Waals surface area contributed by atoms with Crippen LogP contribution >= 0.6 is 0 Å². The van der Waals surface area contributed by atoms with Crippen LogP contribution in [0.4, 0.5) is 0 Å². The van der Waals surface area contributed by atoms with E-state index in [2.05, 4.69) is 10.6 Å².